The third-order valence-electron chi connectivity index (χ3n) is 3.99. The van der Waals surface area contributed by atoms with Crippen molar-refractivity contribution in [3.8, 4) is 11.6 Å². The van der Waals surface area contributed by atoms with Gasteiger partial charge in [-0.2, -0.15) is 14.9 Å². The van der Waals surface area contributed by atoms with Crippen molar-refractivity contribution in [1.82, 2.24) is 39.8 Å². The second-order valence-corrected chi connectivity index (χ2v) is 5.92. The molecule has 1 N–H and O–H groups in total. The van der Waals surface area contributed by atoms with Crippen LogP contribution in [0.4, 0.5) is 4.39 Å². The van der Waals surface area contributed by atoms with E-state index in [-0.39, 0.29) is 11.7 Å². The summed E-state index contributed by atoms with van der Waals surface area (Å²) in [6.07, 6.45) is 7.58. The minimum absolute atomic E-state index is 0.329. The van der Waals surface area contributed by atoms with Gasteiger partial charge in [0.05, 0.1) is 23.5 Å². The van der Waals surface area contributed by atoms with Crippen LogP contribution in [0.1, 0.15) is 29.1 Å². The van der Waals surface area contributed by atoms with E-state index in [1.165, 1.54) is 34.0 Å². The maximum absolute atomic E-state index is 13.1. The molecule has 1 aromatic carbocycles. The summed E-state index contributed by atoms with van der Waals surface area (Å²) < 4.78 is 16.0. The number of benzene rings is 1. The number of nitrogens with one attached hydrogen (secondary N) is 1. The summed E-state index contributed by atoms with van der Waals surface area (Å²) in [5.74, 6) is 0.185. The average Bonchev–Trinajstić information content (AvgIpc) is 3.39. The van der Waals surface area contributed by atoms with Gasteiger partial charge in [-0.05, 0) is 37.3 Å². The lowest BCUT2D eigenvalue weighted by Crippen LogP contribution is -2.28. The maximum atomic E-state index is 13.1. The van der Waals surface area contributed by atoms with Gasteiger partial charge in [-0.3, -0.25) is 4.79 Å². The highest BCUT2D eigenvalue weighted by molar-refractivity contribution is 5.94. The van der Waals surface area contributed by atoms with Gasteiger partial charge in [-0.1, -0.05) is 0 Å². The van der Waals surface area contributed by atoms with Gasteiger partial charge in [0, 0.05) is 18.6 Å². The SMILES string of the molecule is C[C@@H](NC(=O)c1cnn(-c2ccc(F)cc2)c1)c1ncnn1-c1ncccn1. The molecule has 0 spiro atoms. The highest BCUT2D eigenvalue weighted by atomic mass is 19.1. The summed E-state index contributed by atoms with van der Waals surface area (Å²) >= 11 is 0. The number of carbonyl (C=O) groups is 1. The fourth-order valence-electron chi connectivity index (χ4n) is 2.62. The molecule has 0 fully saturated rings. The highest BCUT2D eigenvalue weighted by Gasteiger charge is 2.19. The molecule has 0 aliphatic carbocycles. The Balaban J connectivity index is 1.50. The normalized spacial score (nSPS) is 11.9. The van der Waals surface area contributed by atoms with Crippen LogP contribution in [0.5, 0.6) is 0 Å². The van der Waals surface area contributed by atoms with E-state index in [4.69, 9.17) is 0 Å². The molecule has 0 aliphatic rings. The monoisotopic (exact) mass is 378 g/mol. The Labute approximate surface area is 158 Å². The van der Waals surface area contributed by atoms with E-state index in [9.17, 15) is 9.18 Å². The maximum Gasteiger partial charge on any atom is 0.255 e. The highest BCUT2D eigenvalue weighted by Crippen LogP contribution is 2.14. The first kappa shape index (κ1) is 17.5. The molecule has 4 rings (SSSR count). The molecular formula is C18H15FN8O. The lowest BCUT2D eigenvalue weighted by molar-refractivity contribution is 0.0938. The first-order valence-corrected chi connectivity index (χ1v) is 8.40. The Morgan fingerprint density at radius 3 is 2.61 bits per heavy atom. The number of amides is 1. The van der Waals surface area contributed by atoms with Gasteiger partial charge in [0.25, 0.3) is 11.9 Å². The molecule has 10 heteroatoms. The molecule has 9 nitrogen and oxygen atoms in total. The number of aromatic nitrogens is 7. The third kappa shape index (κ3) is 3.47. The molecule has 0 bridgehead atoms. The van der Waals surface area contributed by atoms with Crippen LogP contribution in [0.25, 0.3) is 11.6 Å². The lowest BCUT2D eigenvalue weighted by Gasteiger charge is -2.13. The molecule has 0 aliphatic heterocycles. The van der Waals surface area contributed by atoms with Crippen LogP contribution in [0, 0.1) is 5.82 Å². The van der Waals surface area contributed by atoms with Crippen LogP contribution < -0.4 is 5.32 Å². The molecule has 0 radical (unpaired) electrons. The van der Waals surface area contributed by atoms with Gasteiger partial charge in [-0.25, -0.2) is 24.0 Å². The van der Waals surface area contributed by atoms with Crippen molar-refractivity contribution in [3.05, 3.63) is 78.7 Å². The van der Waals surface area contributed by atoms with Gasteiger partial charge >= 0.3 is 0 Å². The summed E-state index contributed by atoms with van der Waals surface area (Å²) in [5, 5.41) is 11.1. The quantitative estimate of drug-likeness (QED) is 0.569. The Morgan fingerprint density at radius 1 is 1.11 bits per heavy atom. The Kier molecular flexibility index (Phi) is 4.58. The topological polar surface area (TPSA) is 103 Å². The van der Waals surface area contributed by atoms with Gasteiger partial charge < -0.3 is 5.32 Å². The number of nitrogens with zero attached hydrogens (tertiary/aromatic N) is 7. The zero-order valence-electron chi connectivity index (χ0n) is 14.8. The van der Waals surface area contributed by atoms with E-state index >= 15 is 0 Å². The Bertz CT molecular complexity index is 1090. The fourth-order valence-corrected chi connectivity index (χ4v) is 2.62. The summed E-state index contributed by atoms with van der Waals surface area (Å²) in [5.41, 5.74) is 1.01. The predicted octanol–water partition coefficient (Wildman–Crippen LogP) is 1.87. The summed E-state index contributed by atoms with van der Waals surface area (Å²) in [6, 6.07) is 7.07. The van der Waals surface area contributed by atoms with Crippen LogP contribution in [0.15, 0.2) is 61.4 Å². The number of hydrogen-bond donors (Lipinski definition) is 1. The average molecular weight is 378 g/mol. The predicted molar refractivity (Wildman–Crippen MR) is 96.4 cm³/mol. The van der Waals surface area contributed by atoms with Crippen LogP contribution in [-0.4, -0.2) is 40.4 Å². The zero-order chi connectivity index (χ0) is 19.5. The van der Waals surface area contributed by atoms with Crippen LogP contribution in [0.2, 0.25) is 0 Å². The van der Waals surface area contributed by atoms with Crippen LogP contribution in [0.3, 0.4) is 0 Å². The van der Waals surface area contributed by atoms with E-state index in [1.54, 1.807) is 43.7 Å². The minimum atomic E-state index is -0.451. The molecule has 4 aromatic rings. The van der Waals surface area contributed by atoms with Crippen molar-refractivity contribution in [3.63, 3.8) is 0 Å². The number of halogens is 1. The van der Waals surface area contributed by atoms with Crippen LogP contribution in [-0.2, 0) is 0 Å². The van der Waals surface area contributed by atoms with Crippen molar-refractivity contribution in [2.75, 3.05) is 0 Å². The fraction of sp³-hybridized carbons (Fsp3) is 0.111. The largest absolute Gasteiger partial charge is 0.342 e. The van der Waals surface area contributed by atoms with Crippen molar-refractivity contribution >= 4 is 5.91 Å². The van der Waals surface area contributed by atoms with Crippen LogP contribution >= 0.6 is 0 Å². The Morgan fingerprint density at radius 2 is 1.86 bits per heavy atom. The molecule has 140 valence electrons. The zero-order valence-corrected chi connectivity index (χ0v) is 14.8. The first-order chi connectivity index (χ1) is 13.6. The van der Waals surface area contributed by atoms with Crippen molar-refractivity contribution in [2.24, 2.45) is 0 Å². The molecular weight excluding hydrogens is 363 g/mol. The second kappa shape index (κ2) is 7.35. The Hall–Kier alpha value is -3.95. The molecule has 3 aromatic heterocycles. The van der Waals surface area contributed by atoms with Gasteiger partial charge in [0.1, 0.15) is 12.1 Å². The minimum Gasteiger partial charge on any atom is -0.342 e. The van der Waals surface area contributed by atoms with E-state index in [2.05, 4.69) is 30.5 Å². The number of carbonyl (C=O) groups excluding carboxylic acids is 1. The van der Waals surface area contributed by atoms with E-state index in [1.807, 2.05) is 0 Å². The van der Waals surface area contributed by atoms with E-state index in [0.29, 0.717) is 23.0 Å². The summed E-state index contributed by atoms with van der Waals surface area (Å²) in [7, 11) is 0. The smallest absolute Gasteiger partial charge is 0.255 e. The summed E-state index contributed by atoms with van der Waals surface area (Å²) in [6.45, 7) is 1.78. The van der Waals surface area contributed by atoms with Gasteiger partial charge in [-0.15, -0.1) is 0 Å². The molecule has 3 heterocycles. The van der Waals surface area contributed by atoms with Crippen molar-refractivity contribution in [2.45, 2.75) is 13.0 Å². The molecule has 1 atom stereocenters. The van der Waals surface area contributed by atoms with Gasteiger partial charge in [0.15, 0.2) is 5.82 Å². The lowest BCUT2D eigenvalue weighted by atomic mass is 10.2. The second-order valence-electron chi connectivity index (χ2n) is 5.92. The first-order valence-electron chi connectivity index (χ1n) is 8.40. The molecule has 28 heavy (non-hydrogen) atoms. The molecule has 0 saturated carbocycles. The van der Waals surface area contributed by atoms with Crippen molar-refractivity contribution in [1.29, 1.82) is 0 Å². The van der Waals surface area contributed by atoms with E-state index in [0.717, 1.165) is 0 Å². The molecule has 0 saturated heterocycles. The van der Waals surface area contributed by atoms with Gasteiger partial charge in [0.2, 0.25) is 0 Å². The standard InChI is InChI=1S/C18H15FN8O/c1-12(16-22-11-24-27(16)18-20-7-2-8-21-18)25-17(28)13-9-23-26(10-13)15-5-3-14(19)4-6-15/h2-12H,1H3,(H,25,28)/t12-/m1/s1. The van der Waals surface area contributed by atoms with Crippen molar-refractivity contribution < 1.29 is 9.18 Å². The number of hydrogen-bond acceptors (Lipinski definition) is 6. The van der Waals surface area contributed by atoms with E-state index < -0.39 is 6.04 Å². The molecule has 0 unspecified atom stereocenters. The third-order valence-corrected chi connectivity index (χ3v) is 3.99. The molecule has 1 amide bonds. The number of rotatable bonds is 5. The summed E-state index contributed by atoms with van der Waals surface area (Å²) in [4.78, 5) is 25.1.